The van der Waals surface area contributed by atoms with Crippen LogP contribution in [0.1, 0.15) is 63.6 Å². The summed E-state index contributed by atoms with van der Waals surface area (Å²) in [4.78, 5) is 4.62. The fraction of sp³-hybridized carbons (Fsp3) is 0.875. The number of rotatable bonds is 5. The van der Waals surface area contributed by atoms with Crippen molar-refractivity contribution in [2.45, 2.75) is 69.9 Å². The highest BCUT2D eigenvalue weighted by atomic mass is 16.5. The Morgan fingerprint density at radius 3 is 2.76 bits per heavy atom. The maximum Gasteiger partial charge on any atom is 0.228 e. The van der Waals surface area contributed by atoms with Crippen molar-refractivity contribution in [1.29, 1.82) is 0 Å². The summed E-state index contributed by atoms with van der Waals surface area (Å²) in [6, 6.07) is 0.445. The minimum atomic E-state index is -0.359. The molecule has 1 aromatic rings. The summed E-state index contributed by atoms with van der Waals surface area (Å²) < 4.78 is 11.4. The number of hydrogen-bond acceptors (Lipinski definition) is 5. The molecule has 0 aromatic carbocycles. The van der Waals surface area contributed by atoms with Crippen LogP contribution in [0.5, 0.6) is 0 Å². The fourth-order valence-corrected chi connectivity index (χ4v) is 3.72. The molecule has 1 N–H and O–H groups in total. The lowest BCUT2D eigenvalue weighted by Gasteiger charge is -2.30. The predicted octanol–water partition coefficient (Wildman–Crippen LogP) is 2.81. The summed E-state index contributed by atoms with van der Waals surface area (Å²) in [7, 11) is 2.03. The molecule has 1 aliphatic heterocycles. The van der Waals surface area contributed by atoms with Crippen molar-refractivity contribution >= 4 is 0 Å². The second kappa shape index (κ2) is 6.44. The van der Waals surface area contributed by atoms with Crippen LogP contribution in [0, 0.1) is 5.92 Å². The smallest absolute Gasteiger partial charge is 0.228 e. The first-order valence-electron chi connectivity index (χ1n) is 8.35. The van der Waals surface area contributed by atoms with Crippen molar-refractivity contribution in [3.63, 3.8) is 0 Å². The third kappa shape index (κ3) is 3.29. The Morgan fingerprint density at radius 2 is 2.10 bits per heavy atom. The standard InChI is InChI=1S/C16H27N3O2/c1-16(9-5-6-10-20-16)15-18-14(21-19-15)11-13(17-2)12-7-3-4-8-12/h12-13,17H,3-11H2,1-2H3. The van der Waals surface area contributed by atoms with Crippen molar-refractivity contribution in [2.24, 2.45) is 5.92 Å². The average Bonchev–Trinajstić information content (AvgIpc) is 3.17. The molecule has 2 unspecified atom stereocenters. The lowest BCUT2D eigenvalue weighted by atomic mass is 9.94. The van der Waals surface area contributed by atoms with Crippen LogP contribution in [0.4, 0.5) is 0 Å². The molecule has 0 amide bonds. The van der Waals surface area contributed by atoms with Gasteiger partial charge in [0.1, 0.15) is 5.60 Å². The molecule has 0 spiro atoms. The monoisotopic (exact) mass is 293 g/mol. The zero-order valence-electron chi connectivity index (χ0n) is 13.2. The van der Waals surface area contributed by atoms with Gasteiger partial charge >= 0.3 is 0 Å². The Hall–Kier alpha value is -0.940. The van der Waals surface area contributed by atoms with Crippen LogP contribution in [0.2, 0.25) is 0 Å². The summed E-state index contributed by atoms with van der Waals surface area (Å²) >= 11 is 0. The van der Waals surface area contributed by atoms with Crippen molar-refractivity contribution in [2.75, 3.05) is 13.7 Å². The van der Waals surface area contributed by atoms with Crippen molar-refractivity contribution in [3.05, 3.63) is 11.7 Å². The molecule has 3 rings (SSSR count). The highest BCUT2D eigenvalue weighted by molar-refractivity contribution is 5.02. The highest BCUT2D eigenvalue weighted by Gasteiger charge is 2.35. The molecule has 1 aliphatic carbocycles. The molecule has 1 aromatic heterocycles. The number of hydrogen-bond donors (Lipinski definition) is 1. The van der Waals surface area contributed by atoms with E-state index in [2.05, 4.69) is 22.4 Å². The third-order valence-corrected chi connectivity index (χ3v) is 5.14. The molecule has 21 heavy (non-hydrogen) atoms. The van der Waals surface area contributed by atoms with Gasteiger partial charge in [0.2, 0.25) is 11.7 Å². The molecule has 2 heterocycles. The van der Waals surface area contributed by atoms with E-state index < -0.39 is 0 Å². The predicted molar refractivity (Wildman–Crippen MR) is 80.0 cm³/mol. The maximum absolute atomic E-state index is 5.90. The van der Waals surface area contributed by atoms with Gasteiger partial charge < -0.3 is 14.6 Å². The minimum absolute atomic E-state index is 0.359. The van der Waals surface area contributed by atoms with E-state index in [-0.39, 0.29) is 5.60 Å². The summed E-state index contributed by atoms with van der Waals surface area (Å²) in [6.45, 7) is 2.87. The van der Waals surface area contributed by atoms with E-state index in [9.17, 15) is 0 Å². The molecule has 5 nitrogen and oxygen atoms in total. The number of nitrogens with one attached hydrogen (secondary N) is 1. The van der Waals surface area contributed by atoms with Gasteiger partial charge in [-0.3, -0.25) is 0 Å². The van der Waals surface area contributed by atoms with Gasteiger partial charge in [0, 0.05) is 19.1 Å². The lowest BCUT2D eigenvalue weighted by Crippen LogP contribution is -2.34. The van der Waals surface area contributed by atoms with Crippen LogP contribution in [0.3, 0.4) is 0 Å². The maximum atomic E-state index is 5.90. The normalized spacial score (nSPS) is 28.9. The first kappa shape index (κ1) is 15.0. The van der Waals surface area contributed by atoms with Gasteiger partial charge in [-0.05, 0) is 52.0 Å². The number of nitrogens with zero attached hydrogens (tertiary/aromatic N) is 2. The highest BCUT2D eigenvalue weighted by Crippen LogP contribution is 2.33. The van der Waals surface area contributed by atoms with E-state index in [1.165, 1.54) is 32.1 Å². The molecule has 5 heteroatoms. The zero-order valence-corrected chi connectivity index (χ0v) is 13.2. The van der Waals surface area contributed by atoms with E-state index in [1.54, 1.807) is 0 Å². The topological polar surface area (TPSA) is 60.2 Å². The van der Waals surface area contributed by atoms with E-state index in [4.69, 9.17) is 9.26 Å². The van der Waals surface area contributed by atoms with Crippen LogP contribution in [-0.4, -0.2) is 29.8 Å². The summed E-state index contributed by atoms with van der Waals surface area (Å²) in [6.07, 6.45) is 9.42. The SMILES string of the molecule is CNC(Cc1nc(C2(C)CCCCO2)no1)C1CCCC1. The van der Waals surface area contributed by atoms with Crippen LogP contribution < -0.4 is 5.32 Å². The molecular weight excluding hydrogens is 266 g/mol. The van der Waals surface area contributed by atoms with Gasteiger partial charge in [0.05, 0.1) is 0 Å². The molecule has 1 saturated carbocycles. The second-order valence-electron chi connectivity index (χ2n) is 6.69. The molecule has 2 aliphatic rings. The van der Waals surface area contributed by atoms with Gasteiger partial charge in [-0.2, -0.15) is 4.98 Å². The molecular formula is C16H27N3O2. The van der Waals surface area contributed by atoms with E-state index in [0.717, 1.165) is 43.5 Å². The Bertz CT molecular complexity index is 448. The minimum Gasteiger partial charge on any atom is -0.367 e. The fourth-order valence-electron chi connectivity index (χ4n) is 3.72. The Kier molecular flexibility index (Phi) is 4.60. The van der Waals surface area contributed by atoms with E-state index in [0.29, 0.717) is 6.04 Å². The van der Waals surface area contributed by atoms with Crippen LogP contribution in [0.15, 0.2) is 4.52 Å². The molecule has 2 fully saturated rings. The molecule has 0 radical (unpaired) electrons. The molecule has 0 bridgehead atoms. The van der Waals surface area contributed by atoms with Crippen LogP contribution >= 0.6 is 0 Å². The molecule has 118 valence electrons. The first-order valence-corrected chi connectivity index (χ1v) is 8.35. The van der Waals surface area contributed by atoms with Gasteiger partial charge in [0.25, 0.3) is 0 Å². The number of ether oxygens (including phenoxy) is 1. The Labute approximate surface area is 126 Å². The van der Waals surface area contributed by atoms with Gasteiger partial charge in [0.15, 0.2) is 0 Å². The van der Waals surface area contributed by atoms with Crippen molar-refractivity contribution in [1.82, 2.24) is 15.5 Å². The molecule has 2 atom stereocenters. The number of likely N-dealkylation sites (N-methyl/N-ethyl adjacent to an activating group) is 1. The summed E-state index contributed by atoms with van der Waals surface area (Å²) in [5.41, 5.74) is -0.359. The van der Waals surface area contributed by atoms with Gasteiger partial charge in [-0.15, -0.1) is 0 Å². The largest absolute Gasteiger partial charge is 0.367 e. The summed E-state index contributed by atoms with van der Waals surface area (Å²) in [5.74, 6) is 2.21. The van der Waals surface area contributed by atoms with Gasteiger partial charge in [-0.25, -0.2) is 0 Å². The number of aromatic nitrogens is 2. The van der Waals surface area contributed by atoms with Crippen LogP contribution in [0.25, 0.3) is 0 Å². The average molecular weight is 293 g/mol. The first-order chi connectivity index (χ1) is 10.2. The third-order valence-electron chi connectivity index (χ3n) is 5.14. The van der Waals surface area contributed by atoms with Crippen molar-refractivity contribution < 1.29 is 9.26 Å². The van der Waals surface area contributed by atoms with E-state index >= 15 is 0 Å². The van der Waals surface area contributed by atoms with Crippen LogP contribution in [-0.2, 0) is 16.8 Å². The van der Waals surface area contributed by atoms with Crippen molar-refractivity contribution in [3.8, 4) is 0 Å². The van der Waals surface area contributed by atoms with E-state index in [1.807, 2.05) is 7.05 Å². The zero-order chi connectivity index (χ0) is 14.7. The quantitative estimate of drug-likeness (QED) is 0.904. The summed E-state index contributed by atoms with van der Waals surface area (Å²) in [5, 5.41) is 7.62. The Balaban J connectivity index is 1.66. The lowest BCUT2D eigenvalue weighted by molar-refractivity contribution is -0.0770. The Morgan fingerprint density at radius 1 is 1.29 bits per heavy atom. The van der Waals surface area contributed by atoms with Gasteiger partial charge in [-0.1, -0.05) is 18.0 Å². The molecule has 1 saturated heterocycles. The second-order valence-corrected chi connectivity index (χ2v) is 6.69.